The Morgan fingerprint density at radius 2 is 2.08 bits per heavy atom. The zero-order valence-electron chi connectivity index (χ0n) is 12.7. The van der Waals surface area contributed by atoms with Crippen molar-refractivity contribution in [2.45, 2.75) is 12.6 Å². The first kappa shape index (κ1) is 16.0. The maximum Gasteiger partial charge on any atom is 0.309 e. The van der Waals surface area contributed by atoms with Gasteiger partial charge in [0, 0.05) is 23.8 Å². The molecule has 8 heteroatoms. The quantitative estimate of drug-likeness (QED) is 0.664. The molecule has 0 aliphatic rings. The van der Waals surface area contributed by atoms with Crippen LogP contribution in [0.5, 0.6) is 0 Å². The molecule has 0 bridgehead atoms. The molecule has 1 atom stereocenters. The highest BCUT2D eigenvalue weighted by molar-refractivity contribution is 7.09. The van der Waals surface area contributed by atoms with Gasteiger partial charge >= 0.3 is 11.8 Å². The van der Waals surface area contributed by atoms with Gasteiger partial charge in [0.2, 0.25) is 0 Å². The van der Waals surface area contributed by atoms with Gasteiger partial charge < -0.3 is 15.1 Å². The van der Waals surface area contributed by atoms with Crippen molar-refractivity contribution >= 4 is 23.2 Å². The fourth-order valence-electron chi connectivity index (χ4n) is 2.20. The topological polar surface area (TPSA) is 89.2 Å². The molecule has 3 aromatic heterocycles. The number of thiophene rings is 1. The molecule has 0 saturated heterocycles. The van der Waals surface area contributed by atoms with Gasteiger partial charge in [-0.15, -0.1) is 11.3 Å². The number of hydrogen-bond donors (Lipinski definition) is 2. The average molecular weight is 344 g/mol. The molecular formula is C16H16N4O3S. The Morgan fingerprint density at radius 3 is 2.75 bits per heavy atom. The second kappa shape index (κ2) is 7.60. The fourth-order valence-corrected chi connectivity index (χ4v) is 2.85. The molecule has 3 heterocycles. The van der Waals surface area contributed by atoms with Gasteiger partial charge in [0.1, 0.15) is 11.8 Å². The van der Waals surface area contributed by atoms with E-state index in [4.69, 9.17) is 4.42 Å². The zero-order valence-corrected chi connectivity index (χ0v) is 13.5. The highest BCUT2D eigenvalue weighted by atomic mass is 32.1. The molecule has 7 nitrogen and oxygen atoms in total. The smallest absolute Gasteiger partial charge is 0.309 e. The minimum absolute atomic E-state index is 0.195. The lowest BCUT2D eigenvalue weighted by Gasteiger charge is -2.16. The minimum Gasteiger partial charge on any atom is -0.467 e. The van der Waals surface area contributed by atoms with E-state index < -0.39 is 11.8 Å². The summed E-state index contributed by atoms with van der Waals surface area (Å²) in [5, 5.41) is 11.3. The average Bonchev–Trinajstić information content (AvgIpc) is 3.35. The second-order valence-electron chi connectivity index (χ2n) is 4.99. The summed E-state index contributed by atoms with van der Waals surface area (Å²) in [6, 6.07) is 8.82. The summed E-state index contributed by atoms with van der Waals surface area (Å²) in [5.41, 5.74) is 0. The molecule has 3 aromatic rings. The molecule has 0 saturated carbocycles. The van der Waals surface area contributed by atoms with Gasteiger partial charge in [0.15, 0.2) is 0 Å². The predicted octanol–water partition coefficient (Wildman–Crippen LogP) is 1.56. The summed E-state index contributed by atoms with van der Waals surface area (Å²) in [5.74, 6) is -0.699. The summed E-state index contributed by atoms with van der Waals surface area (Å²) >= 11 is 1.52. The number of hydrogen-bond acceptors (Lipinski definition) is 5. The highest BCUT2D eigenvalue weighted by Gasteiger charge is 2.20. The molecule has 3 rings (SSSR count). The van der Waals surface area contributed by atoms with E-state index in [1.54, 1.807) is 41.5 Å². The molecule has 0 spiro atoms. The van der Waals surface area contributed by atoms with E-state index >= 15 is 0 Å². The van der Waals surface area contributed by atoms with Crippen molar-refractivity contribution in [3.63, 3.8) is 0 Å². The molecule has 2 amide bonds. The first-order valence-electron chi connectivity index (χ1n) is 7.35. The van der Waals surface area contributed by atoms with Gasteiger partial charge in [-0.25, -0.2) is 0 Å². The van der Waals surface area contributed by atoms with Crippen molar-refractivity contribution in [1.29, 1.82) is 0 Å². The number of carbonyl (C=O) groups is 2. The molecule has 0 radical (unpaired) electrons. The number of nitrogens with one attached hydrogen (secondary N) is 2. The Kier molecular flexibility index (Phi) is 5.07. The van der Waals surface area contributed by atoms with Crippen LogP contribution in [0.4, 0.5) is 0 Å². The molecule has 0 unspecified atom stereocenters. The number of furan rings is 1. The molecule has 0 aliphatic carbocycles. The van der Waals surface area contributed by atoms with E-state index in [-0.39, 0.29) is 12.6 Å². The van der Waals surface area contributed by atoms with E-state index in [0.717, 1.165) is 4.88 Å². The van der Waals surface area contributed by atoms with Crippen molar-refractivity contribution in [2.24, 2.45) is 0 Å². The molecule has 0 aliphatic heterocycles. The minimum atomic E-state index is -0.685. The van der Waals surface area contributed by atoms with E-state index in [1.807, 2.05) is 17.5 Å². The van der Waals surface area contributed by atoms with Crippen LogP contribution in [-0.4, -0.2) is 28.1 Å². The van der Waals surface area contributed by atoms with Gasteiger partial charge in [0.25, 0.3) is 0 Å². The van der Waals surface area contributed by atoms with Crippen LogP contribution in [0.15, 0.2) is 58.8 Å². The lowest BCUT2D eigenvalue weighted by Crippen LogP contribution is -2.41. The number of rotatable bonds is 6. The summed E-state index contributed by atoms with van der Waals surface area (Å²) in [4.78, 5) is 24.8. The van der Waals surface area contributed by atoms with Crippen LogP contribution in [0.25, 0.3) is 0 Å². The largest absolute Gasteiger partial charge is 0.467 e. The maximum absolute atomic E-state index is 12.0. The van der Waals surface area contributed by atoms with Crippen LogP contribution in [0, 0.1) is 0 Å². The van der Waals surface area contributed by atoms with Crippen LogP contribution in [0.1, 0.15) is 16.7 Å². The fraction of sp³-hybridized carbons (Fsp3) is 0.188. The van der Waals surface area contributed by atoms with Crippen molar-refractivity contribution in [3.8, 4) is 0 Å². The number of aromatic nitrogens is 2. The van der Waals surface area contributed by atoms with Crippen LogP contribution in [0.2, 0.25) is 0 Å². The number of amides is 2. The first-order chi connectivity index (χ1) is 11.7. The molecule has 124 valence electrons. The number of nitrogens with zero attached hydrogens (tertiary/aromatic N) is 2. The first-order valence-corrected chi connectivity index (χ1v) is 8.23. The Labute approximate surface area is 142 Å². The molecule has 0 aromatic carbocycles. The lowest BCUT2D eigenvalue weighted by atomic mass is 10.2. The van der Waals surface area contributed by atoms with Crippen molar-refractivity contribution in [2.75, 3.05) is 6.54 Å². The van der Waals surface area contributed by atoms with Gasteiger partial charge in [-0.05, 0) is 29.6 Å². The van der Waals surface area contributed by atoms with E-state index in [0.29, 0.717) is 12.3 Å². The Balaban J connectivity index is 1.56. The summed E-state index contributed by atoms with van der Waals surface area (Å²) in [7, 11) is 0. The normalized spacial score (nSPS) is 11.8. The van der Waals surface area contributed by atoms with Gasteiger partial charge in [-0.1, -0.05) is 6.07 Å². The predicted molar refractivity (Wildman–Crippen MR) is 88.2 cm³/mol. The van der Waals surface area contributed by atoms with Gasteiger partial charge in [-0.2, -0.15) is 5.10 Å². The van der Waals surface area contributed by atoms with Crippen LogP contribution in [0.3, 0.4) is 0 Å². The van der Waals surface area contributed by atoms with Gasteiger partial charge in [0.05, 0.1) is 12.8 Å². The van der Waals surface area contributed by atoms with Crippen LogP contribution in [-0.2, 0) is 16.1 Å². The Hall–Kier alpha value is -2.87. The summed E-state index contributed by atoms with van der Waals surface area (Å²) < 4.78 is 7.07. The van der Waals surface area contributed by atoms with E-state index in [2.05, 4.69) is 15.7 Å². The van der Waals surface area contributed by atoms with E-state index in [9.17, 15) is 9.59 Å². The molecular weight excluding hydrogens is 328 g/mol. The highest BCUT2D eigenvalue weighted by Crippen LogP contribution is 2.17. The third-order valence-electron chi connectivity index (χ3n) is 3.38. The van der Waals surface area contributed by atoms with Crippen LogP contribution < -0.4 is 10.6 Å². The molecule has 0 fully saturated rings. The van der Waals surface area contributed by atoms with Crippen LogP contribution >= 0.6 is 11.3 Å². The SMILES string of the molecule is O=C(NCc1cccs1)C(=O)NC[C@H](c1ccco1)n1cccn1. The third-order valence-corrected chi connectivity index (χ3v) is 4.26. The summed E-state index contributed by atoms with van der Waals surface area (Å²) in [6.07, 6.45) is 4.98. The second-order valence-corrected chi connectivity index (χ2v) is 6.02. The molecule has 2 N–H and O–H groups in total. The van der Waals surface area contributed by atoms with Crippen molar-refractivity contribution < 1.29 is 14.0 Å². The van der Waals surface area contributed by atoms with Crippen molar-refractivity contribution in [3.05, 3.63) is 65.0 Å². The van der Waals surface area contributed by atoms with E-state index in [1.165, 1.54) is 11.3 Å². The lowest BCUT2D eigenvalue weighted by molar-refractivity contribution is -0.139. The monoisotopic (exact) mass is 344 g/mol. The zero-order chi connectivity index (χ0) is 16.8. The van der Waals surface area contributed by atoms with Gasteiger partial charge in [-0.3, -0.25) is 14.3 Å². The standard InChI is InChI=1S/C16H16N4O3S/c21-15(17-10-12-4-2-9-24-12)16(22)18-11-13(14-5-1-8-23-14)20-7-3-6-19-20/h1-9,13H,10-11H2,(H,17,21)(H,18,22)/t13-/m1/s1. The number of carbonyl (C=O) groups excluding carboxylic acids is 2. The molecule has 24 heavy (non-hydrogen) atoms. The maximum atomic E-state index is 12.0. The van der Waals surface area contributed by atoms with Crippen molar-refractivity contribution in [1.82, 2.24) is 20.4 Å². The Bertz CT molecular complexity index is 732. The summed E-state index contributed by atoms with van der Waals surface area (Å²) in [6.45, 7) is 0.533. The Morgan fingerprint density at radius 1 is 1.21 bits per heavy atom. The third kappa shape index (κ3) is 3.90.